The van der Waals surface area contributed by atoms with Crippen molar-refractivity contribution in [1.82, 2.24) is 15.2 Å². The first kappa shape index (κ1) is 19.2. The molecule has 0 fully saturated rings. The number of carbonyl (C=O) groups is 3. The van der Waals surface area contributed by atoms with E-state index in [4.69, 9.17) is 4.74 Å². The van der Waals surface area contributed by atoms with Crippen molar-refractivity contribution in [2.24, 2.45) is 0 Å². The lowest BCUT2D eigenvalue weighted by Gasteiger charge is -2.10. The Morgan fingerprint density at radius 2 is 1.77 bits per heavy atom. The van der Waals surface area contributed by atoms with E-state index in [9.17, 15) is 14.4 Å². The summed E-state index contributed by atoms with van der Waals surface area (Å²) >= 11 is 0. The van der Waals surface area contributed by atoms with Crippen molar-refractivity contribution in [2.75, 3.05) is 20.2 Å². The number of ether oxygens (including phenoxy) is 1. The van der Waals surface area contributed by atoms with Gasteiger partial charge < -0.3 is 19.9 Å². The zero-order valence-electron chi connectivity index (χ0n) is 15.2. The molecule has 26 heavy (non-hydrogen) atoms. The molecule has 0 saturated carbocycles. The summed E-state index contributed by atoms with van der Waals surface area (Å²) in [6.07, 6.45) is 0. The Hall–Kier alpha value is -3.09. The molecule has 0 saturated heterocycles. The van der Waals surface area contributed by atoms with Crippen LogP contribution in [0.25, 0.3) is 0 Å². The molecule has 7 heteroatoms. The van der Waals surface area contributed by atoms with Crippen molar-refractivity contribution in [3.05, 3.63) is 58.9 Å². The third-order valence-corrected chi connectivity index (χ3v) is 4.04. The summed E-state index contributed by atoms with van der Waals surface area (Å²) in [6, 6.07) is 11.7. The molecular weight excluding hydrogens is 334 g/mol. The third kappa shape index (κ3) is 4.95. The Morgan fingerprint density at radius 3 is 2.42 bits per heavy atom. The molecule has 0 radical (unpaired) electrons. The van der Waals surface area contributed by atoms with Gasteiger partial charge >= 0.3 is 5.97 Å². The van der Waals surface area contributed by atoms with Gasteiger partial charge in [-0.2, -0.15) is 0 Å². The minimum absolute atomic E-state index is 0.154. The average Bonchev–Trinajstić information content (AvgIpc) is 2.93. The number of rotatable bonds is 7. The van der Waals surface area contributed by atoms with Gasteiger partial charge in [0.2, 0.25) is 5.91 Å². The van der Waals surface area contributed by atoms with Crippen LogP contribution < -0.4 is 10.6 Å². The average molecular weight is 357 g/mol. The molecule has 7 nitrogen and oxygen atoms in total. The van der Waals surface area contributed by atoms with E-state index >= 15 is 0 Å². The van der Waals surface area contributed by atoms with Gasteiger partial charge in [-0.1, -0.05) is 30.3 Å². The van der Waals surface area contributed by atoms with Crippen LogP contribution in [0.2, 0.25) is 0 Å². The van der Waals surface area contributed by atoms with E-state index in [0.29, 0.717) is 12.1 Å². The number of hydrogen-bond donors (Lipinski definition) is 2. The summed E-state index contributed by atoms with van der Waals surface area (Å²) in [5, 5.41) is 4.75. The minimum Gasteiger partial charge on any atom is -0.452 e. The maximum atomic E-state index is 12.3. The first-order valence-corrected chi connectivity index (χ1v) is 8.27. The first-order chi connectivity index (χ1) is 12.4. The fraction of sp³-hybridized carbons (Fsp3) is 0.316. The van der Waals surface area contributed by atoms with Crippen LogP contribution in [-0.2, 0) is 20.9 Å². The van der Waals surface area contributed by atoms with Crippen LogP contribution >= 0.6 is 0 Å². The van der Waals surface area contributed by atoms with E-state index in [0.717, 1.165) is 17.0 Å². The summed E-state index contributed by atoms with van der Waals surface area (Å²) in [4.78, 5) is 35.0. The number of carbonyl (C=O) groups excluding carboxylic acids is 3. The molecule has 0 unspecified atom stereocenters. The Morgan fingerprint density at radius 1 is 1.08 bits per heavy atom. The lowest BCUT2D eigenvalue weighted by molar-refractivity contribution is -0.127. The number of aryl methyl sites for hydroxylation is 1. The van der Waals surface area contributed by atoms with Crippen LogP contribution in [0.1, 0.15) is 27.3 Å². The Kier molecular flexibility index (Phi) is 6.54. The van der Waals surface area contributed by atoms with E-state index in [1.165, 1.54) is 7.05 Å². The largest absolute Gasteiger partial charge is 0.452 e. The molecule has 0 bridgehead atoms. The van der Waals surface area contributed by atoms with Crippen LogP contribution in [-0.4, -0.2) is 42.6 Å². The van der Waals surface area contributed by atoms with Crippen LogP contribution in [0.5, 0.6) is 0 Å². The highest BCUT2D eigenvalue weighted by molar-refractivity contribution is 5.93. The standard InChI is InChI=1S/C19H23N3O4/c1-13-9-16(14(2)22(13)11-15-7-5-4-6-8-15)19(25)26-12-18(24)21-10-17(23)20-3/h4-9H,10-12H2,1-3H3,(H,20,23)(H,21,24). The van der Waals surface area contributed by atoms with Gasteiger partial charge in [0.15, 0.2) is 6.61 Å². The molecule has 1 aromatic heterocycles. The van der Waals surface area contributed by atoms with Gasteiger partial charge in [-0.3, -0.25) is 9.59 Å². The van der Waals surface area contributed by atoms with Gasteiger partial charge in [0.1, 0.15) is 0 Å². The topological polar surface area (TPSA) is 89.4 Å². The van der Waals surface area contributed by atoms with Crippen molar-refractivity contribution in [3.8, 4) is 0 Å². The summed E-state index contributed by atoms with van der Waals surface area (Å²) in [5.41, 5.74) is 3.27. The summed E-state index contributed by atoms with van der Waals surface area (Å²) in [6.45, 7) is 3.83. The van der Waals surface area contributed by atoms with E-state index < -0.39 is 18.5 Å². The maximum absolute atomic E-state index is 12.3. The van der Waals surface area contributed by atoms with E-state index in [1.807, 2.05) is 48.7 Å². The number of aromatic nitrogens is 1. The monoisotopic (exact) mass is 357 g/mol. The van der Waals surface area contributed by atoms with Gasteiger partial charge in [-0.25, -0.2) is 4.79 Å². The zero-order valence-corrected chi connectivity index (χ0v) is 15.2. The minimum atomic E-state index is -0.562. The molecule has 2 rings (SSSR count). The lowest BCUT2D eigenvalue weighted by Crippen LogP contribution is -2.37. The highest BCUT2D eigenvalue weighted by Crippen LogP contribution is 2.18. The smallest absolute Gasteiger partial charge is 0.340 e. The van der Waals surface area contributed by atoms with Crippen LogP contribution in [0.4, 0.5) is 0 Å². The number of likely N-dealkylation sites (N-methyl/N-ethyl adjacent to an activating group) is 1. The van der Waals surface area contributed by atoms with Crippen molar-refractivity contribution in [1.29, 1.82) is 0 Å². The maximum Gasteiger partial charge on any atom is 0.340 e. The highest BCUT2D eigenvalue weighted by atomic mass is 16.5. The predicted molar refractivity (Wildman–Crippen MR) is 96.8 cm³/mol. The number of nitrogens with zero attached hydrogens (tertiary/aromatic N) is 1. The SMILES string of the molecule is CNC(=O)CNC(=O)COC(=O)c1cc(C)n(Cc2ccccc2)c1C. The quantitative estimate of drug-likeness (QED) is 0.728. The fourth-order valence-corrected chi connectivity index (χ4v) is 2.54. The second-order valence-corrected chi connectivity index (χ2v) is 5.88. The molecule has 2 amide bonds. The molecular formula is C19H23N3O4. The Bertz CT molecular complexity index is 797. The van der Waals surface area contributed by atoms with Crippen LogP contribution in [0, 0.1) is 13.8 Å². The molecule has 0 atom stereocenters. The zero-order chi connectivity index (χ0) is 19.1. The second kappa shape index (κ2) is 8.84. The molecule has 0 aliphatic heterocycles. The van der Waals surface area contributed by atoms with Gasteiger partial charge in [-0.15, -0.1) is 0 Å². The van der Waals surface area contributed by atoms with Crippen LogP contribution in [0.15, 0.2) is 36.4 Å². The number of esters is 1. The summed E-state index contributed by atoms with van der Waals surface area (Å²) in [5.74, 6) is -1.42. The van der Waals surface area contributed by atoms with Crippen molar-refractivity contribution < 1.29 is 19.1 Å². The molecule has 1 aromatic carbocycles. The number of amides is 2. The van der Waals surface area contributed by atoms with Gasteiger partial charge in [0, 0.05) is 25.0 Å². The summed E-state index contributed by atoms with van der Waals surface area (Å²) < 4.78 is 7.08. The van der Waals surface area contributed by atoms with Crippen molar-refractivity contribution in [3.63, 3.8) is 0 Å². The number of benzene rings is 1. The second-order valence-electron chi connectivity index (χ2n) is 5.88. The predicted octanol–water partition coefficient (Wildman–Crippen LogP) is 1.17. The lowest BCUT2D eigenvalue weighted by atomic mass is 10.2. The molecule has 0 aliphatic carbocycles. The molecule has 2 N–H and O–H groups in total. The third-order valence-electron chi connectivity index (χ3n) is 4.04. The van der Waals surface area contributed by atoms with Gasteiger partial charge in [0.05, 0.1) is 12.1 Å². The summed E-state index contributed by atoms with van der Waals surface area (Å²) in [7, 11) is 1.47. The first-order valence-electron chi connectivity index (χ1n) is 8.27. The van der Waals surface area contributed by atoms with Crippen molar-refractivity contribution >= 4 is 17.8 Å². The van der Waals surface area contributed by atoms with E-state index in [1.54, 1.807) is 6.07 Å². The molecule has 2 aromatic rings. The number of nitrogens with one attached hydrogen (secondary N) is 2. The van der Waals surface area contributed by atoms with E-state index in [-0.39, 0.29) is 12.5 Å². The Balaban J connectivity index is 1.98. The molecule has 138 valence electrons. The van der Waals surface area contributed by atoms with Crippen LogP contribution in [0.3, 0.4) is 0 Å². The number of hydrogen-bond acceptors (Lipinski definition) is 4. The van der Waals surface area contributed by atoms with E-state index in [2.05, 4.69) is 10.6 Å². The molecule has 1 heterocycles. The fourth-order valence-electron chi connectivity index (χ4n) is 2.54. The molecule has 0 aliphatic rings. The highest BCUT2D eigenvalue weighted by Gasteiger charge is 2.18. The van der Waals surface area contributed by atoms with Gasteiger partial charge in [0.25, 0.3) is 5.91 Å². The normalized spacial score (nSPS) is 10.3. The van der Waals surface area contributed by atoms with Crippen molar-refractivity contribution in [2.45, 2.75) is 20.4 Å². The Labute approximate surface area is 152 Å². The van der Waals surface area contributed by atoms with Gasteiger partial charge in [-0.05, 0) is 25.5 Å². The molecule has 0 spiro atoms.